The molecule has 0 bridgehead atoms. The number of amides is 1. The lowest BCUT2D eigenvalue weighted by Gasteiger charge is -2.23. The van der Waals surface area contributed by atoms with E-state index >= 15 is 0 Å². The van der Waals surface area contributed by atoms with E-state index < -0.39 is 4.92 Å². The molecule has 2 rings (SSSR count). The summed E-state index contributed by atoms with van der Waals surface area (Å²) in [4.78, 5) is 25.2. The van der Waals surface area contributed by atoms with Crippen LogP contribution < -0.4 is 10.2 Å². The predicted molar refractivity (Wildman–Crippen MR) is 86.3 cm³/mol. The van der Waals surface area contributed by atoms with Crippen LogP contribution in [0.1, 0.15) is 44.0 Å². The molecule has 1 heterocycles. The number of nitro groups is 1. The van der Waals surface area contributed by atoms with E-state index in [9.17, 15) is 14.9 Å². The molecular formula is C16H23N3O3. The number of hydrogen-bond donors (Lipinski definition) is 1. The van der Waals surface area contributed by atoms with Crippen molar-refractivity contribution in [2.45, 2.75) is 39.7 Å². The van der Waals surface area contributed by atoms with Gasteiger partial charge in [0.15, 0.2) is 0 Å². The third-order valence-electron chi connectivity index (χ3n) is 4.24. The zero-order chi connectivity index (χ0) is 16.3. The lowest BCUT2D eigenvalue weighted by Crippen LogP contribution is -2.37. The number of non-ortho nitro benzene ring substituents is 1. The lowest BCUT2D eigenvalue weighted by atomic mass is 10.0. The van der Waals surface area contributed by atoms with Gasteiger partial charge in [-0.1, -0.05) is 13.8 Å². The average Bonchev–Trinajstić information content (AvgIpc) is 3.00. The fraction of sp³-hybridized carbons (Fsp3) is 0.562. The van der Waals surface area contributed by atoms with Crippen molar-refractivity contribution in [1.82, 2.24) is 5.32 Å². The molecular weight excluding hydrogens is 282 g/mol. The first-order valence-electron chi connectivity index (χ1n) is 7.74. The van der Waals surface area contributed by atoms with Gasteiger partial charge in [0.05, 0.1) is 16.2 Å². The molecule has 1 aromatic carbocycles. The van der Waals surface area contributed by atoms with Crippen LogP contribution in [0.4, 0.5) is 11.4 Å². The van der Waals surface area contributed by atoms with Crippen molar-refractivity contribution < 1.29 is 9.72 Å². The van der Waals surface area contributed by atoms with Crippen molar-refractivity contribution in [2.75, 3.05) is 18.0 Å². The minimum Gasteiger partial charge on any atom is -0.371 e. The van der Waals surface area contributed by atoms with Crippen molar-refractivity contribution in [3.63, 3.8) is 0 Å². The molecule has 0 spiro atoms. The molecule has 1 atom stereocenters. The second-order valence-electron chi connectivity index (χ2n) is 6.16. The first-order valence-corrected chi connectivity index (χ1v) is 7.74. The summed E-state index contributed by atoms with van der Waals surface area (Å²) >= 11 is 0. The molecule has 1 aliphatic heterocycles. The van der Waals surface area contributed by atoms with Gasteiger partial charge in [0.2, 0.25) is 0 Å². The Hall–Kier alpha value is -2.11. The van der Waals surface area contributed by atoms with Crippen LogP contribution in [-0.2, 0) is 0 Å². The van der Waals surface area contributed by atoms with Crippen molar-refractivity contribution in [2.24, 2.45) is 5.92 Å². The normalized spacial score (nSPS) is 15.9. The summed E-state index contributed by atoms with van der Waals surface area (Å²) in [7, 11) is 0. The van der Waals surface area contributed by atoms with Crippen LogP contribution in [0.5, 0.6) is 0 Å². The van der Waals surface area contributed by atoms with Crippen LogP contribution in [0.3, 0.4) is 0 Å². The first-order chi connectivity index (χ1) is 10.4. The van der Waals surface area contributed by atoms with Gasteiger partial charge in [-0.25, -0.2) is 0 Å². The fourth-order valence-electron chi connectivity index (χ4n) is 2.50. The number of carbonyl (C=O) groups is 1. The second kappa shape index (κ2) is 6.77. The Bertz CT molecular complexity index is 566. The Morgan fingerprint density at radius 2 is 1.91 bits per heavy atom. The number of nitrogens with one attached hydrogen (secondary N) is 1. The topological polar surface area (TPSA) is 75.5 Å². The molecule has 120 valence electrons. The smallest absolute Gasteiger partial charge is 0.270 e. The van der Waals surface area contributed by atoms with Gasteiger partial charge in [-0.15, -0.1) is 0 Å². The van der Waals surface area contributed by atoms with Gasteiger partial charge in [-0.3, -0.25) is 14.9 Å². The predicted octanol–water partition coefficient (Wildman–Crippen LogP) is 2.97. The van der Waals surface area contributed by atoms with E-state index in [1.54, 1.807) is 6.07 Å². The summed E-state index contributed by atoms with van der Waals surface area (Å²) in [6.45, 7) is 7.77. The van der Waals surface area contributed by atoms with Gasteiger partial charge in [-0.05, 0) is 31.7 Å². The Morgan fingerprint density at radius 1 is 1.27 bits per heavy atom. The highest BCUT2D eigenvalue weighted by atomic mass is 16.6. The first kappa shape index (κ1) is 16.3. The molecule has 6 nitrogen and oxygen atoms in total. The molecule has 0 saturated carbocycles. The number of hydrogen-bond acceptors (Lipinski definition) is 4. The van der Waals surface area contributed by atoms with Crippen LogP contribution in [-0.4, -0.2) is 30.0 Å². The van der Waals surface area contributed by atoms with E-state index in [0.717, 1.165) is 31.6 Å². The second-order valence-corrected chi connectivity index (χ2v) is 6.16. The van der Waals surface area contributed by atoms with Gasteiger partial charge in [0.25, 0.3) is 11.6 Å². The minimum atomic E-state index is -0.462. The van der Waals surface area contributed by atoms with E-state index in [0.29, 0.717) is 11.5 Å². The maximum absolute atomic E-state index is 12.6. The van der Waals surface area contributed by atoms with E-state index in [4.69, 9.17) is 0 Å². The molecule has 1 aliphatic rings. The monoisotopic (exact) mass is 305 g/mol. The number of anilines is 1. The highest BCUT2D eigenvalue weighted by Gasteiger charge is 2.23. The third-order valence-corrected chi connectivity index (χ3v) is 4.24. The van der Waals surface area contributed by atoms with Crippen LogP contribution in [0.2, 0.25) is 0 Å². The Balaban J connectivity index is 2.34. The summed E-state index contributed by atoms with van der Waals surface area (Å²) in [6, 6.07) is 4.56. The highest BCUT2D eigenvalue weighted by Crippen LogP contribution is 2.28. The number of nitrogens with zero attached hydrogens (tertiary/aromatic N) is 2. The maximum atomic E-state index is 12.6. The van der Waals surface area contributed by atoms with Crippen molar-refractivity contribution >= 4 is 17.3 Å². The molecule has 1 unspecified atom stereocenters. The fourth-order valence-corrected chi connectivity index (χ4v) is 2.50. The number of carbonyl (C=O) groups excluding carboxylic acids is 1. The molecule has 0 aliphatic carbocycles. The van der Waals surface area contributed by atoms with Gasteiger partial charge < -0.3 is 10.2 Å². The van der Waals surface area contributed by atoms with Gasteiger partial charge in [0.1, 0.15) is 0 Å². The third kappa shape index (κ3) is 3.55. The summed E-state index contributed by atoms with van der Waals surface area (Å²) in [6.07, 6.45) is 2.17. The SMILES string of the molecule is CC(C)C(C)NC(=O)c1cc([N+](=O)[O-])ccc1N1CCCC1. The Kier molecular flexibility index (Phi) is 5.00. The molecule has 1 aromatic rings. The summed E-state index contributed by atoms with van der Waals surface area (Å²) in [5.41, 5.74) is 1.13. The van der Waals surface area contributed by atoms with Crippen molar-refractivity contribution in [1.29, 1.82) is 0 Å². The largest absolute Gasteiger partial charge is 0.371 e. The standard InChI is InChI=1S/C16H23N3O3/c1-11(2)12(3)17-16(20)14-10-13(19(21)22)6-7-15(14)18-8-4-5-9-18/h6-7,10-12H,4-5,8-9H2,1-3H3,(H,17,20). The van der Waals surface area contributed by atoms with E-state index in [1.165, 1.54) is 12.1 Å². The quantitative estimate of drug-likeness (QED) is 0.670. The zero-order valence-corrected chi connectivity index (χ0v) is 13.3. The van der Waals surface area contributed by atoms with E-state index in [2.05, 4.69) is 10.2 Å². The van der Waals surface area contributed by atoms with E-state index in [1.807, 2.05) is 20.8 Å². The number of benzene rings is 1. The summed E-state index contributed by atoms with van der Waals surface area (Å²) in [5.74, 6) is 0.0599. The average molecular weight is 305 g/mol. The van der Waals surface area contributed by atoms with E-state index in [-0.39, 0.29) is 17.6 Å². The number of rotatable bonds is 5. The van der Waals surface area contributed by atoms with Crippen LogP contribution in [0.15, 0.2) is 18.2 Å². The zero-order valence-electron chi connectivity index (χ0n) is 13.3. The summed E-state index contributed by atoms with van der Waals surface area (Å²) in [5, 5.41) is 13.9. The molecule has 6 heteroatoms. The number of nitro benzene ring substituents is 1. The lowest BCUT2D eigenvalue weighted by molar-refractivity contribution is -0.384. The molecule has 0 radical (unpaired) electrons. The van der Waals surface area contributed by atoms with Crippen LogP contribution in [0.25, 0.3) is 0 Å². The van der Waals surface area contributed by atoms with Crippen molar-refractivity contribution in [3.05, 3.63) is 33.9 Å². The minimum absolute atomic E-state index is 0.0122. The molecule has 1 saturated heterocycles. The molecule has 1 fully saturated rings. The molecule has 0 aromatic heterocycles. The molecule has 1 amide bonds. The maximum Gasteiger partial charge on any atom is 0.270 e. The van der Waals surface area contributed by atoms with Gasteiger partial charge in [0, 0.05) is 31.3 Å². The van der Waals surface area contributed by atoms with Crippen LogP contribution in [0, 0.1) is 16.0 Å². The Morgan fingerprint density at radius 3 is 2.45 bits per heavy atom. The Labute approximate surface area is 130 Å². The molecule has 22 heavy (non-hydrogen) atoms. The van der Waals surface area contributed by atoms with Crippen LogP contribution >= 0.6 is 0 Å². The van der Waals surface area contributed by atoms with Gasteiger partial charge in [-0.2, -0.15) is 0 Å². The highest BCUT2D eigenvalue weighted by molar-refractivity contribution is 6.00. The molecule has 1 N–H and O–H groups in total. The summed E-state index contributed by atoms with van der Waals surface area (Å²) < 4.78 is 0. The van der Waals surface area contributed by atoms with Gasteiger partial charge >= 0.3 is 0 Å². The van der Waals surface area contributed by atoms with Crippen molar-refractivity contribution in [3.8, 4) is 0 Å².